The zero-order valence-corrected chi connectivity index (χ0v) is 10.5. The first-order chi connectivity index (χ1) is 8.74. The molecule has 0 radical (unpaired) electrons. The van der Waals surface area contributed by atoms with Crippen molar-refractivity contribution in [2.45, 2.75) is 16.8 Å². The van der Waals surface area contributed by atoms with Gasteiger partial charge in [-0.3, -0.25) is 4.79 Å². The first kappa shape index (κ1) is 11.3. The van der Waals surface area contributed by atoms with Gasteiger partial charge >= 0.3 is 5.97 Å². The number of carbonyl (C=O) groups is 1. The van der Waals surface area contributed by atoms with Crippen molar-refractivity contribution in [3.05, 3.63) is 18.4 Å². The van der Waals surface area contributed by atoms with E-state index in [0.717, 1.165) is 5.16 Å². The van der Waals surface area contributed by atoms with Crippen molar-refractivity contribution >= 4 is 17.7 Å². The Bertz CT molecular complexity index is 564. The van der Waals surface area contributed by atoms with Crippen LogP contribution in [0, 0.1) is 0 Å². The van der Waals surface area contributed by atoms with Crippen LogP contribution in [-0.2, 0) is 16.6 Å². The second kappa shape index (κ2) is 4.49. The van der Waals surface area contributed by atoms with Gasteiger partial charge in [-0.25, -0.2) is 0 Å². The second-order valence-electron chi connectivity index (χ2n) is 3.97. The van der Waals surface area contributed by atoms with Gasteiger partial charge in [-0.05, 0) is 12.1 Å². The van der Waals surface area contributed by atoms with E-state index in [1.54, 1.807) is 12.3 Å². The largest absolute Gasteiger partial charge is 0.464 e. The Labute approximate surface area is 107 Å². The van der Waals surface area contributed by atoms with Gasteiger partial charge in [0.2, 0.25) is 0 Å². The summed E-state index contributed by atoms with van der Waals surface area (Å²) in [6.07, 6.45) is 2.02. The Morgan fingerprint density at radius 1 is 1.50 bits per heavy atom. The molecule has 7 heteroatoms. The Hall–Kier alpha value is -1.76. The van der Waals surface area contributed by atoms with Crippen LogP contribution in [0.1, 0.15) is 6.42 Å². The maximum atomic E-state index is 11.0. The van der Waals surface area contributed by atoms with Crippen molar-refractivity contribution in [3.8, 4) is 11.6 Å². The summed E-state index contributed by atoms with van der Waals surface area (Å²) in [4.78, 5) is 11.0. The number of thioether (sulfide) groups is 1. The van der Waals surface area contributed by atoms with Crippen LogP contribution >= 0.6 is 11.8 Å². The SMILES string of the molecule is Cn1c(SC2COC(=O)C2)nnc1-c1ccco1. The lowest BCUT2D eigenvalue weighted by molar-refractivity contribution is -0.137. The molecule has 0 aliphatic carbocycles. The van der Waals surface area contributed by atoms with Crippen molar-refractivity contribution in [1.82, 2.24) is 14.8 Å². The number of carbonyl (C=O) groups excluding carboxylic acids is 1. The standard InChI is InChI=1S/C11H11N3O3S/c1-14-10(8-3-2-4-16-8)12-13-11(14)18-7-5-9(15)17-6-7/h2-4,7H,5-6H2,1H3. The van der Waals surface area contributed by atoms with Gasteiger partial charge in [-0.2, -0.15) is 0 Å². The summed E-state index contributed by atoms with van der Waals surface area (Å²) in [7, 11) is 1.87. The summed E-state index contributed by atoms with van der Waals surface area (Å²) >= 11 is 1.50. The molecule has 1 fully saturated rings. The molecule has 3 heterocycles. The average molecular weight is 265 g/mol. The lowest BCUT2D eigenvalue weighted by Gasteiger charge is -2.05. The van der Waals surface area contributed by atoms with E-state index in [9.17, 15) is 4.79 Å². The van der Waals surface area contributed by atoms with Gasteiger partial charge in [0.25, 0.3) is 0 Å². The number of rotatable bonds is 3. The van der Waals surface area contributed by atoms with Crippen LogP contribution in [0.3, 0.4) is 0 Å². The summed E-state index contributed by atoms with van der Waals surface area (Å²) in [5, 5.41) is 9.07. The molecule has 18 heavy (non-hydrogen) atoms. The maximum Gasteiger partial charge on any atom is 0.307 e. The molecule has 3 rings (SSSR count). The van der Waals surface area contributed by atoms with E-state index in [1.165, 1.54) is 11.8 Å². The molecular weight excluding hydrogens is 254 g/mol. The fourth-order valence-corrected chi connectivity index (χ4v) is 2.74. The molecule has 0 amide bonds. The van der Waals surface area contributed by atoms with Crippen molar-refractivity contribution < 1.29 is 13.9 Å². The van der Waals surface area contributed by atoms with E-state index in [4.69, 9.17) is 9.15 Å². The Kier molecular flexibility index (Phi) is 2.83. The minimum Gasteiger partial charge on any atom is -0.464 e. The number of ether oxygens (including phenoxy) is 1. The lowest BCUT2D eigenvalue weighted by atomic mass is 10.4. The van der Waals surface area contributed by atoms with Crippen LogP contribution in [-0.4, -0.2) is 32.6 Å². The fraction of sp³-hybridized carbons (Fsp3) is 0.364. The van der Waals surface area contributed by atoms with Crippen LogP contribution in [0.2, 0.25) is 0 Å². The van der Waals surface area contributed by atoms with Crippen molar-refractivity contribution in [3.63, 3.8) is 0 Å². The lowest BCUT2D eigenvalue weighted by Crippen LogP contribution is -2.03. The van der Waals surface area contributed by atoms with Gasteiger partial charge < -0.3 is 13.7 Å². The second-order valence-corrected chi connectivity index (χ2v) is 5.24. The van der Waals surface area contributed by atoms with Gasteiger partial charge in [0.1, 0.15) is 6.61 Å². The highest BCUT2D eigenvalue weighted by molar-refractivity contribution is 7.99. The fourth-order valence-electron chi connectivity index (χ4n) is 1.75. The highest BCUT2D eigenvalue weighted by Crippen LogP contribution is 2.29. The molecule has 0 aromatic carbocycles. The number of esters is 1. The van der Waals surface area contributed by atoms with E-state index >= 15 is 0 Å². The van der Waals surface area contributed by atoms with E-state index in [2.05, 4.69) is 10.2 Å². The molecule has 1 aliphatic rings. The molecule has 1 unspecified atom stereocenters. The Balaban J connectivity index is 1.80. The van der Waals surface area contributed by atoms with E-state index in [1.807, 2.05) is 17.7 Å². The molecule has 0 saturated carbocycles. The predicted molar refractivity (Wildman–Crippen MR) is 63.9 cm³/mol. The van der Waals surface area contributed by atoms with Crippen LogP contribution in [0.15, 0.2) is 28.0 Å². The quantitative estimate of drug-likeness (QED) is 0.783. The Morgan fingerprint density at radius 2 is 2.39 bits per heavy atom. The predicted octanol–water partition coefficient (Wildman–Crippen LogP) is 1.48. The van der Waals surface area contributed by atoms with Crippen molar-refractivity contribution in [2.24, 2.45) is 7.05 Å². The number of hydrogen-bond acceptors (Lipinski definition) is 6. The number of hydrogen-bond donors (Lipinski definition) is 0. The number of furan rings is 1. The van der Waals surface area contributed by atoms with Crippen molar-refractivity contribution in [2.75, 3.05) is 6.61 Å². The smallest absolute Gasteiger partial charge is 0.307 e. The minimum atomic E-state index is -0.152. The van der Waals surface area contributed by atoms with Crippen LogP contribution in [0.25, 0.3) is 11.6 Å². The summed E-state index contributed by atoms with van der Waals surface area (Å²) in [6, 6.07) is 3.64. The van der Waals surface area contributed by atoms with Crippen LogP contribution < -0.4 is 0 Å². The third-order valence-electron chi connectivity index (χ3n) is 2.67. The van der Waals surface area contributed by atoms with Gasteiger partial charge in [0.05, 0.1) is 17.9 Å². The summed E-state index contributed by atoms with van der Waals surface area (Å²) in [6.45, 7) is 0.437. The van der Waals surface area contributed by atoms with Gasteiger partial charge in [-0.15, -0.1) is 10.2 Å². The summed E-state index contributed by atoms with van der Waals surface area (Å²) < 4.78 is 12.1. The van der Waals surface area contributed by atoms with Gasteiger partial charge in [0, 0.05) is 7.05 Å². The monoisotopic (exact) mass is 265 g/mol. The van der Waals surface area contributed by atoms with Gasteiger partial charge in [0.15, 0.2) is 16.7 Å². The number of cyclic esters (lactones) is 1. The molecule has 6 nitrogen and oxygen atoms in total. The molecule has 0 N–H and O–H groups in total. The molecule has 1 atom stereocenters. The maximum absolute atomic E-state index is 11.0. The highest BCUT2D eigenvalue weighted by Gasteiger charge is 2.27. The first-order valence-corrected chi connectivity index (χ1v) is 6.37. The first-order valence-electron chi connectivity index (χ1n) is 5.49. The third-order valence-corrected chi connectivity index (χ3v) is 3.88. The molecule has 2 aromatic heterocycles. The van der Waals surface area contributed by atoms with E-state index < -0.39 is 0 Å². The zero-order valence-electron chi connectivity index (χ0n) is 9.70. The average Bonchev–Trinajstić information content (AvgIpc) is 3.04. The van der Waals surface area contributed by atoms with Crippen LogP contribution in [0.4, 0.5) is 0 Å². The molecule has 0 bridgehead atoms. The molecule has 0 spiro atoms. The van der Waals surface area contributed by atoms with E-state index in [-0.39, 0.29) is 11.2 Å². The molecule has 1 saturated heterocycles. The highest BCUT2D eigenvalue weighted by atomic mass is 32.2. The number of aromatic nitrogens is 3. The normalized spacial score (nSPS) is 19.2. The van der Waals surface area contributed by atoms with Gasteiger partial charge in [-0.1, -0.05) is 11.8 Å². The molecule has 94 valence electrons. The zero-order chi connectivity index (χ0) is 12.5. The topological polar surface area (TPSA) is 70.2 Å². The minimum absolute atomic E-state index is 0.116. The molecule has 1 aliphatic heterocycles. The third kappa shape index (κ3) is 2.01. The number of nitrogens with zero attached hydrogens (tertiary/aromatic N) is 3. The van der Waals surface area contributed by atoms with E-state index in [0.29, 0.717) is 24.6 Å². The summed E-state index contributed by atoms with van der Waals surface area (Å²) in [5.41, 5.74) is 0. The molecular formula is C11H11N3O3S. The van der Waals surface area contributed by atoms with Crippen molar-refractivity contribution in [1.29, 1.82) is 0 Å². The summed E-state index contributed by atoms with van der Waals surface area (Å²) in [5.74, 6) is 1.20. The Morgan fingerprint density at radius 3 is 3.06 bits per heavy atom. The molecule has 2 aromatic rings. The van der Waals surface area contributed by atoms with Crippen LogP contribution in [0.5, 0.6) is 0 Å².